The molecule has 6 nitrogen and oxygen atoms in total. The van der Waals surface area contributed by atoms with Crippen molar-refractivity contribution >= 4 is 40.9 Å². The summed E-state index contributed by atoms with van der Waals surface area (Å²) in [4.78, 5) is 25.4. The van der Waals surface area contributed by atoms with Crippen LogP contribution in [0.15, 0.2) is 53.1 Å². The second-order valence-corrected chi connectivity index (χ2v) is 7.77. The highest BCUT2D eigenvalue weighted by Gasteiger charge is 2.19. The Morgan fingerprint density at radius 3 is 2.59 bits per heavy atom. The van der Waals surface area contributed by atoms with E-state index in [1.807, 2.05) is 24.3 Å². The number of benzene rings is 2. The Bertz CT molecular complexity index is 944. The maximum absolute atomic E-state index is 12.5. The molecule has 152 valence electrons. The van der Waals surface area contributed by atoms with Gasteiger partial charge in [0.2, 0.25) is 0 Å². The highest BCUT2D eigenvalue weighted by molar-refractivity contribution is 8.04. The molecule has 1 aliphatic heterocycles. The number of hydrogen-bond acceptors (Lipinski definition) is 5. The summed E-state index contributed by atoms with van der Waals surface area (Å²) in [5.41, 5.74) is 1.79. The van der Waals surface area contributed by atoms with Crippen LogP contribution in [0.25, 0.3) is 0 Å². The number of rotatable bonds is 6. The van der Waals surface area contributed by atoms with Gasteiger partial charge in [-0.05, 0) is 42.8 Å². The Morgan fingerprint density at radius 2 is 1.93 bits per heavy atom. The first-order valence-corrected chi connectivity index (χ1v) is 10.3. The van der Waals surface area contributed by atoms with Crippen LogP contribution in [0.5, 0.6) is 5.75 Å². The second kappa shape index (κ2) is 9.71. The van der Waals surface area contributed by atoms with Gasteiger partial charge in [0.1, 0.15) is 16.4 Å². The van der Waals surface area contributed by atoms with Gasteiger partial charge in [0.15, 0.2) is 0 Å². The van der Waals surface area contributed by atoms with Crippen molar-refractivity contribution in [2.75, 3.05) is 24.8 Å². The Balaban J connectivity index is 1.62. The van der Waals surface area contributed by atoms with E-state index in [9.17, 15) is 9.59 Å². The van der Waals surface area contributed by atoms with Crippen molar-refractivity contribution in [1.29, 1.82) is 0 Å². The fourth-order valence-corrected chi connectivity index (χ4v) is 3.80. The fourth-order valence-electron chi connectivity index (χ4n) is 2.72. The number of amides is 2. The number of methoxy groups -OCH3 is 1. The molecule has 3 rings (SSSR count). The van der Waals surface area contributed by atoms with E-state index in [0.29, 0.717) is 35.1 Å². The summed E-state index contributed by atoms with van der Waals surface area (Å²) in [6.07, 6.45) is 0. The summed E-state index contributed by atoms with van der Waals surface area (Å²) >= 11 is 7.73. The molecule has 2 aromatic carbocycles. The van der Waals surface area contributed by atoms with Crippen LogP contribution < -0.4 is 15.4 Å². The van der Waals surface area contributed by atoms with Gasteiger partial charge in [-0.2, -0.15) is 0 Å². The predicted octanol–water partition coefficient (Wildman–Crippen LogP) is 4.21. The summed E-state index contributed by atoms with van der Waals surface area (Å²) in [6.45, 7) is 2.73. The number of thioether (sulfide) groups is 1. The molecule has 0 saturated heterocycles. The topological polar surface area (TPSA) is 76.7 Å². The molecule has 0 saturated carbocycles. The van der Waals surface area contributed by atoms with Gasteiger partial charge >= 0.3 is 0 Å². The molecule has 2 N–H and O–H groups in total. The van der Waals surface area contributed by atoms with E-state index in [-0.39, 0.29) is 16.8 Å². The molecule has 1 heterocycles. The van der Waals surface area contributed by atoms with E-state index in [4.69, 9.17) is 21.1 Å². The molecule has 1 aliphatic rings. The smallest absolute Gasteiger partial charge is 0.265 e. The quantitative estimate of drug-likeness (QED) is 0.715. The highest BCUT2D eigenvalue weighted by Crippen LogP contribution is 2.28. The lowest BCUT2D eigenvalue weighted by molar-refractivity contribution is -0.112. The maximum atomic E-state index is 12.5. The van der Waals surface area contributed by atoms with E-state index >= 15 is 0 Å². The molecule has 0 unspecified atom stereocenters. The maximum Gasteiger partial charge on any atom is 0.265 e. The highest BCUT2D eigenvalue weighted by atomic mass is 35.5. The molecule has 29 heavy (non-hydrogen) atoms. The van der Waals surface area contributed by atoms with E-state index in [1.54, 1.807) is 32.2 Å². The van der Waals surface area contributed by atoms with Crippen molar-refractivity contribution in [1.82, 2.24) is 5.32 Å². The first-order valence-electron chi connectivity index (χ1n) is 8.96. The lowest BCUT2D eigenvalue weighted by atomic mass is 10.1. The van der Waals surface area contributed by atoms with Crippen molar-refractivity contribution in [3.63, 3.8) is 0 Å². The summed E-state index contributed by atoms with van der Waals surface area (Å²) in [6, 6.07) is 12.2. The van der Waals surface area contributed by atoms with Crippen molar-refractivity contribution in [2.45, 2.75) is 13.5 Å². The Kier molecular flexibility index (Phi) is 7.06. The van der Waals surface area contributed by atoms with Crippen LogP contribution in [0.1, 0.15) is 22.8 Å². The molecule has 0 bridgehead atoms. The van der Waals surface area contributed by atoms with Crippen LogP contribution in [0.3, 0.4) is 0 Å². The van der Waals surface area contributed by atoms with Gasteiger partial charge in [0.05, 0.1) is 24.3 Å². The van der Waals surface area contributed by atoms with Crippen LogP contribution >= 0.6 is 23.4 Å². The van der Waals surface area contributed by atoms with Crippen molar-refractivity contribution in [3.8, 4) is 5.75 Å². The molecule has 0 atom stereocenters. The van der Waals surface area contributed by atoms with Crippen molar-refractivity contribution in [2.24, 2.45) is 0 Å². The first-order chi connectivity index (χ1) is 14.0. The molecule has 0 fully saturated rings. The molecule has 8 heteroatoms. The molecule has 2 aromatic rings. The molecule has 0 aromatic heterocycles. The largest absolute Gasteiger partial charge is 0.497 e. The van der Waals surface area contributed by atoms with Gasteiger partial charge in [-0.1, -0.05) is 23.7 Å². The Hall–Kier alpha value is -2.64. The minimum absolute atomic E-state index is 0.250. The van der Waals surface area contributed by atoms with E-state index in [0.717, 1.165) is 17.1 Å². The Morgan fingerprint density at radius 1 is 1.17 bits per heavy atom. The lowest BCUT2D eigenvalue weighted by Gasteiger charge is -2.18. The molecular formula is C21H21ClN2O4S. The summed E-state index contributed by atoms with van der Waals surface area (Å²) in [7, 11) is 1.60. The standard InChI is InChI=1S/C21H21ClN2O4S/c1-13-19(29-10-9-28-13)21(26)24-15-5-8-17(18(22)11-15)20(25)23-12-14-3-6-16(27-2)7-4-14/h3-8,11H,9-10,12H2,1-2H3,(H,23,25)(H,24,26). The minimum atomic E-state index is -0.293. The second-order valence-electron chi connectivity index (χ2n) is 6.26. The van der Waals surface area contributed by atoms with Crippen LogP contribution in [-0.4, -0.2) is 31.3 Å². The van der Waals surface area contributed by atoms with Gasteiger partial charge in [-0.25, -0.2) is 0 Å². The number of allylic oxidation sites excluding steroid dienone is 1. The third-order valence-corrected chi connectivity index (χ3v) is 5.70. The molecule has 0 radical (unpaired) electrons. The van der Waals surface area contributed by atoms with Gasteiger partial charge < -0.3 is 20.1 Å². The predicted molar refractivity (Wildman–Crippen MR) is 115 cm³/mol. The number of hydrogen-bond donors (Lipinski definition) is 2. The summed E-state index contributed by atoms with van der Waals surface area (Å²) in [5.74, 6) is 1.55. The molecule has 2 amide bonds. The van der Waals surface area contributed by atoms with Crippen molar-refractivity contribution in [3.05, 3.63) is 69.3 Å². The normalized spacial score (nSPS) is 13.5. The number of ether oxygens (including phenoxy) is 2. The summed E-state index contributed by atoms with van der Waals surface area (Å²) < 4.78 is 10.5. The third-order valence-electron chi connectivity index (χ3n) is 4.26. The zero-order valence-corrected chi connectivity index (χ0v) is 17.7. The SMILES string of the molecule is COc1ccc(CNC(=O)c2ccc(NC(=O)C3=C(C)OCCS3)cc2Cl)cc1. The monoisotopic (exact) mass is 432 g/mol. The fraction of sp³-hybridized carbons (Fsp3) is 0.238. The van der Waals surface area contributed by atoms with Crippen LogP contribution in [0.2, 0.25) is 5.02 Å². The third kappa shape index (κ3) is 5.46. The van der Waals surface area contributed by atoms with Gasteiger partial charge in [-0.3, -0.25) is 9.59 Å². The number of anilines is 1. The van der Waals surface area contributed by atoms with Gasteiger partial charge in [0, 0.05) is 18.0 Å². The minimum Gasteiger partial charge on any atom is -0.497 e. The number of halogens is 1. The molecular weight excluding hydrogens is 412 g/mol. The molecule has 0 aliphatic carbocycles. The number of carbonyl (C=O) groups is 2. The molecule has 0 spiro atoms. The van der Waals surface area contributed by atoms with Crippen LogP contribution in [0.4, 0.5) is 5.69 Å². The van der Waals surface area contributed by atoms with Crippen LogP contribution in [0, 0.1) is 0 Å². The van der Waals surface area contributed by atoms with E-state index in [2.05, 4.69) is 10.6 Å². The number of carbonyl (C=O) groups excluding carboxylic acids is 2. The zero-order chi connectivity index (χ0) is 20.8. The van der Waals surface area contributed by atoms with E-state index in [1.165, 1.54) is 11.8 Å². The zero-order valence-electron chi connectivity index (χ0n) is 16.1. The average molecular weight is 433 g/mol. The first kappa shape index (κ1) is 21.1. The van der Waals surface area contributed by atoms with Gasteiger partial charge in [0.25, 0.3) is 11.8 Å². The average Bonchev–Trinajstić information content (AvgIpc) is 2.72. The Labute approximate surface area is 178 Å². The lowest BCUT2D eigenvalue weighted by Crippen LogP contribution is -2.23. The van der Waals surface area contributed by atoms with E-state index < -0.39 is 0 Å². The number of nitrogens with one attached hydrogen (secondary N) is 2. The van der Waals surface area contributed by atoms with Gasteiger partial charge in [-0.15, -0.1) is 11.8 Å². The van der Waals surface area contributed by atoms with Crippen LogP contribution in [-0.2, 0) is 16.1 Å². The van der Waals surface area contributed by atoms with Crippen molar-refractivity contribution < 1.29 is 19.1 Å². The summed E-state index contributed by atoms with van der Waals surface area (Å²) in [5, 5.41) is 5.88.